The van der Waals surface area contributed by atoms with Crippen LogP contribution < -0.4 is 15.4 Å². The average Bonchev–Trinajstić information content (AvgIpc) is 3.31. The van der Waals surface area contributed by atoms with Crippen molar-refractivity contribution in [1.82, 2.24) is 15.6 Å². The van der Waals surface area contributed by atoms with Crippen LogP contribution in [0.2, 0.25) is 10.0 Å². The molecule has 1 heterocycles. The maximum Gasteiger partial charge on any atom is 0.289 e. The molecule has 2 bridgehead atoms. The molecule has 2 N–H and O–H groups in total. The molecule has 1 aromatic heterocycles. The average molecular weight is 522 g/mol. The molecule has 182 valence electrons. The number of benzene rings is 2. The largest absolute Gasteiger partial charge is 0.484 e. The molecular formula is C24H19Cl2F2N3O4. The van der Waals surface area contributed by atoms with E-state index in [4.69, 9.17) is 32.4 Å². The number of nitrogens with zero attached hydrogens (tertiary/aromatic N) is 1. The minimum absolute atomic E-state index is 0.00559. The summed E-state index contributed by atoms with van der Waals surface area (Å²) < 4.78 is 38.1. The monoisotopic (exact) mass is 521 g/mol. The number of hydrogen-bond acceptors (Lipinski definition) is 5. The quantitative estimate of drug-likeness (QED) is 0.467. The van der Waals surface area contributed by atoms with Gasteiger partial charge >= 0.3 is 0 Å². The first-order valence-corrected chi connectivity index (χ1v) is 11.5. The Morgan fingerprint density at radius 3 is 2.40 bits per heavy atom. The Hall–Kier alpha value is -3.17. The number of carbonyl (C=O) groups excluding carboxylic acids is 2. The fourth-order valence-electron chi connectivity index (χ4n) is 4.81. The maximum absolute atomic E-state index is 13.7. The van der Waals surface area contributed by atoms with Crippen LogP contribution in [0.1, 0.15) is 30.3 Å². The normalized spacial score (nSPS) is 24.2. The number of carbonyl (C=O) groups is 2. The summed E-state index contributed by atoms with van der Waals surface area (Å²) in [5, 5.41) is 5.88. The van der Waals surface area contributed by atoms with Crippen LogP contribution in [-0.4, -0.2) is 34.5 Å². The molecule has 2 amide bonds. The second-order valence-corrected chi connectivity index (χ2v) is 9.73. The first-order chi connectivity index (χ1) is 16.6. The first-order valence-electron chi connectivity index (χ1n) is 10.7. The smallest absolute Gasteiger partial charge is 0.289 e. The van der Waals surface area contributed by atoms with Crippen molar-refractivity contribution in [3.8, 4) is 17.2 Å². The molecule has 2 aromatic carbocycles. The summed E-state index contributed by atoms with van der Waals surface area (Å²) >= 11 is 11.3. The Morgan fingerprint density at radius 1 is 1.09 bits per heavy atom. The van der Waals surface area contributed by atoms with Gasteiger partial charge in [0.05, 0.1) is 16.2 Å². The van der Waals surface area contributed by atoms with Gasteiger partial charge in [0.1, 0.15) is 17.4 Å². The Bertz CT molecular complexity index is 1340. The van der Waals surface area contributed by atoms with Crippen LogP contribution in [0.5, 0.6) is 5.75 Å². The summed E-state index contributed by atoms with van der Waals surface area (Å²) in [4.78, 5) is 29.2. The molecule has 6 rings (SSSR count). The van der Waals surface area contributed by atoms with Gasteiger partial charge in [-0.1, -0.05) is 30.1 Å². The molecule has 3 aromatic rings. The van der Waals surface area contributed by atoms with Crippen LogP contribution in [0.4, 0.5) is 8.78 Å². The third-order valence-corrected chi connectivity index (χ3v) is 7.44. The van der Waals surface area contributed by atoms with Gasteiger partial charge in [0.15, 0.2) is 6.61 Å². The van der Waals surface area contributed by atoms with Crippen LogP contribution >= 0.6 is 23.2 Å². The minimum atomic E-state index is -0.630. The van der Waals surface area contributed by atoms with E-state index in [1.54, 1.807) is 6.07 Å². The van der Waals surface area contributed by atoms with Gasteiger partial charge in [-0.2, -0.15) is 0 Å². The zero-order valence-corrected chi connectivity index (χ0v) is 19.8. The van der Waals surface area contributed by atoms with Gasteiger partial charge in [-0.05, 0) is 43.2 Å². The lowest BCUT2D eigenvalue weighted by molar-refractivity contribution is -0.174. The zero-order valence-electron chi connectivity index (χ0n) is 18.3. The van der Waals surface area contributed by atoms with E-state index in [0.29, 0.717) is 18.4 Å². The topological polar surface area (TPSA) is 93.5 Å². The second-order valence-electron chi connectivity index (χ2n) is 8.91. The number of aromatic nitrogens is 1. The molecule has 35 heavy (non-hydrogen) atoms. The van der Waals surface area contributed by atoms with Gasteiger partial charge in [0.2, 0.25) is 11.7 Å². The predicted molar refractivity (Wildman–Crippen MR) is 123 cm³/mol. The summed E-state index contributed by atoms with van der Waals surface area (Å²) in [5.74, 6) is -1.77. The van der Waals surface area contributed by atoms with Gasteiger partial charge in [-0.3, -0.25) is 9.59 Å². The molecule has 3 aliphatic rings. The molecule has 0 saturated heterocycles. The molecule has 3 fully saturated rings. The lowest BCUT2D eigenvalue weighted by Crippen LogP contribution is -2.89. The second kappa shape index (κ2) is 8.49. The van der Waals surface area contributed by atoms with Crippen molar-refractivity contribution >= 4 is 35.0 Å². The van der Waals surface area contributed by atoms with E-state index in [-0.39, 0.29) is 45.9 Å². The predicted octanol–water partition coefficient (Wildman–Crippen LogP) is 4.77. The van der Waals surface area contributed by atoms with Crippen molar-refractivity contribution in [2.75, 3.05) is 6.61 Å². The summed E-state index contributed by atoms with van der Waals surface area (Å²) in [6, 6.07) is 8.05. The SMILES string of the molecule is C[C@H]1C2(NC(=O)COc3ccc(Cl)c(F)c3)CC1(NC(=O)c1cnc(-c3ccc(Cl)c(F)c3)o1)C2. The minimum Gasteiger partial charge on any atom is -0.484 e. The molecule has 3 saturated carbocycles. The van der Waals surface area contributed by atoms with Gasteiger partial charge in [-0.25, -0.2) is 13.8 Å². The fourth-order valence-corrected chi connectivity index (χ4v) is 5.04. The molecule has 1 atom stereocenters. The van der Waals surface area contributed by atoms with Crippen molar-refractivity contribution in [2.24, 2.45) is 5.92 Å². The van der Waals surface area contributed by atoms with E-state index in [9.17, 15) is 18.4 Å². The fraction of sp³-hybridized carbons (Fsp3) is 0.292. The van der Waals surface area contributed by atoms with Crippen molar-refractivity contribution in [3.05, 3.63) is 70.0 Å². The van der Waals surface area contributed by atoms with Crippen LogP contribution in [0.15, 0.2) is 47.0 Å². The standard InChI is InChI=1S/C24H19Cl2F2N3O4/c1-12-23(30-20(32)9-34-14-3-5-16(26)18(28)7-14)10-24(12,11-23)31-21(33)19-8-29-22(35-19)13-2-4-15(25)17(27)6-13/h2-8,12H,9-11H2,1H3,(H,30,32)(H,31,33)/t12-,23?,24?/m0/s1. The van der Waals surface area contributed by atoms with Crippen LogP contribution in [-0.2, 0) is 4.79 Å². The van der Waals surface area contributed by atoms with Gasteiger partial charge in [0.25, 0.3) is 11.8 Å². The van der Waals surface area contributed by atoms with Gasteiger partial charge in [-0.15, -0.1) is 0 Å². The summed E-state index contributed by atoms with van der Waals surface area (Å²) in [6.45, 7) is 1.66. The summed E-state index contributed by atoms with van der Waals surface area (Å²) in [5.41, 5.74) is -0.550. The van der Waals surface area contributed by atoms with E-state index >= 15 is 0 Å². The number of amides is 2. The van der Waals surface area contributed by atoms with Crippen LogP contribution in [0, 0.1) is 17.6 Å². The van der Waals surface area contributed by atoms with Gasteiger partial charge in [0, 0.05) is 28.6 Å². The van der Waals surface area contributed by atoms with Crippen molar-refractivity contribution in [2.45, 2.75) is 30.8 Å². The van der Waals surface area contributed by atoms with E-state index in [0.717, 1.165) is 6.07 Å². The molecule has 0 aliphatic heterocycles. The number of halogens is 4. The van der Waals surface area contributed by atoms with E-state index in [1.807, 2.05) is 6.92 Å². The zero-order chi connectivity index (χ0) is 25.0. The number of ether oxygens (including phenoxy) is 1. The lowest BCUT2D eigenvalue weighted by Gasteiger charge is -2.75. The Labute approximate surface area is 208 Å². The highest BCUT2D eigenvalue weighted by molar-refractivity contribution is 6.31. The molecule has 0 spiro atoms. The molecular weight excluding hydrogens is 503 g/mol. The van der Waals surface area contributed by atoms with Gasteiger partial charge < -0.3 is 19.8 Å². The maximum atomic E-state index is 13.7. The van der Waals surface area contributed by atoms with E-state index in [1.165, 1.54) is 30.5 Å². The number of oxazole rings is 1. The van der Waals surface area contributed by atoms with Crippen LogP contribution in [0.3, 0.4) is 0 Å². The highest BCUT2D eigenvalue weighted by Crippen LogP contribution is 2.64. The first kappa shape index (κ1) is 23.6. The summed E-state index contributed by atoms with van der Waals surface area (Å²) in [6.07, 6.45) is 2.39. The molecule has 0 unspecified atom stereocenters. The Balaban J connectivity index is 1.15. The lowest BCUT2D eigenvalue weighted by atomic mass is 9.37. The van der Waals surface area contributed by atoms with Crippen molar-refractivity contribution < 1.29 is 27.5 Å². The number of rotatable bonds is 7. The molecule has 11 heteroatoms. The molecule has 3 aliphatic carbocycles. The van der Waals surface area contributed by atoms with E-state index in [2.05, 4.69) is 15.6 Å². The summed E-state index contributed by atoms with van der Waals surface area (Å²) in [7, 11) is 0. The van der Waals surface area contributed by atoms with E-state index < -0.39 is 28.6 Å². The molecule has 0 radical (unpaired) electrons. The Kier molecular flexibility index (Phi) is 5.72. The van der Waals surface area contributed by atoms with Crippen LogP contribution in [0.25, 0.3) is 11.5 Å². The highest BCUT2D eigenvalue weighted by Gasteiger charge is 2.75. The molecule has 7 nitrogen and oxygen atoms in total. The highest BCUT2D eigenvalue weighted by atomic mass is 35.5. The number of nitrogens with one attached hydrogen (secondary N) is 2. The van der Waals surface area contributed by atoms with Crippen molar-refractivity contribution in [3.63, 3.8) is 0 Å². The third-order valence-electron chi connectivity index (χ3n) is 6.83. The van der Waals surface area contributed by atoms with Crippen molar-refractivity contribution in [1.29, 1.82) is 0 Å². The third kappa shape index (κ3) is 4.12. The number of hydrogen-bond donors (Lipinski definition) is 2. The Morgan fingerprint density at radius 2 is 1.74 bits per heavy atom.